The Kier molecular flexibility index (Phi) is 5.50. The van der Waals surface area contributed by atoms with Gasteiger partial charge in [0.1, 0.15) is 5.69 Å². The molecule has 0 unspecified atom stereocenters. The molecule has 0 saturated heterocycles. The summed E-state index contributed by atoms with van der Waals surface area (Å²) in [5.41, 5.74) is 7.14. The maximum atomic E-state index is 11.9. The summed E-state index contributed by atoms with van der Waals surface area (Å²) in [6, 6.07) is 0.130. The molecule has 1 fully saturated rings. The van der Waals surface area contributed by atoms with E-state index >= 15 is 0 Å². The highest BCUT2D eigenvalue weighted by Gasteiger charge is 2.24. The minimum absolute atomic E-state index is 0. The first-order valence-corrected chi connectivity index (χ1v) is 6.02. The highest BCUT2D eigenvalue weighted by Crippen LogP contribution is 2.17. The van der Waals surface area contributed by atoms with Crippen LogP contribution in [0.1, 0.15) is 41.9 Å². The molecule has 0 spiro atoms. The van der Waals surface area contributed by atoms with E-state index in [0.29, 0.717) is 5.69 Å². The zero-order valence-corrected chi connectivity index (χ0v) is 11.2. The van der Waals surface area contributed by atoms with Gasteiger partial charge >= 0.3 is 0 Å². The summed E-state index contributed by atoms with van der Waals surface area (Å²) in [6.07, 6.45) is 7.29. The number of aromatic nitrogens is 2. The Morgan fingerprint density at radius 2 is 2.06 bits per heavy atom. The number of amides is 1. The van der Waals surface area contributed by atoms with E-state index < -0.39 is 0 Å². The highest BCUT2D eigenvalue weighted by molar-refractivity contribution is 5.92. The van der Waals surface area contributed by atoms with Gasteiger partial charge < -0.3 is 11.1 Å². The first kappa shape index (κ1) is 14.9. The van der Waals surface area contributed by atoms with Crippen LogP contribution in [0.25, 0.3) is 0 Å². The molecule has 0 bridgehead atoms. The zero-order chi connectivity index (χ0) is 12.3. The molecular formula is C12H19ClN4O. The van der Waals surface area contributed by atoms with Crippen molar-refractivity contribution < 1.29 is 4.79 Å². The Morgan fingerprint density at radius 1 is 1.33 bits per heavy atom. The smallest absolute Gasteiger partial charge is 0.271 e. The molecule has 0 aromatic carbocycles. The van der Waals surface area contributed by atoms with E-state index in [-0.39, 0.29) is 30.4 Å². The van der Waals surface area contributed by atoms with Gasteiger partial charge in [0.15, 0.2) is 0 Å². The van der Waals surface area contributed by atoms with Crippen molar-refractivity contribution in [3.63, 3.8) is 0 Å². The van der Waals surface area contributed by atoms with Crippen LogP contribution in [0.4, 0.5) is 0 Å². The summed E-state index contributed by atoms with van der Waals surface area (Å²) < 4.78 is 0. The zero-order valence-electron chi connectivity index (χ0n) is 10.4. The minimum Gasteiger partial charge on any atom is -0.346 e. The van der Waals surface area contributed by atoms with Crippen molar-refractivity contribution >= 4 is 18.3 Å². The van der Waals surface area contributed by atoms with E-state index in [1.54, 1.807) is 6.20 Å². The van der Waals surface area contributed by atoms with Crippen LogP contribution in [0, 0.1) is 6.92 Å². The van der Waals surface area contributed by atoms with E-state index in [9.17, 15) is 4.79 Å². The third kappa shape index (κ3) is 3.65. The lowest BCUT2D eigenvalue weighted by atomic mass is 9.91. The molecule has 1 aromatic rings. The number of carbonyl (C=O) groups is 1. The van der Waals surface area contributed by atoms with Gasteiger partial charge in [0.05, 0.1) is 11.9 Å². The molecular weight excluding hydrogens is 252 g/mol. The first-order chi connectivity index (χ1) is 8.16. The topological polar surface area (TPSA) is 80.9 Å². The fraction of sp³-hybridized carbons (Fsp3) is 0.583. The second-order valence-electron chi connectivity index (χ2n) is 4.57. The molecule has 5 nitrogen and oxygen atoms in total. The van der Waals surface area contributed by atoms with Gasteiger partial charge in [-0.15, -0.1) is 12.4 Å². The summed E-state index contributed by atoms with van der Waals surface area (Å²) >= 11 is 0. The molecule has 1 aromatic heterocycles. The van der Waals surface area contributed by atoms with E-state index in [1.807, 2.05) is 6.92 Å². The normalized spacial score (nSPS) is 23.0. The predicted octanol–water partition coefficient (Wildman–Crippen LogP) is 1.21. The third-order valence-electron chi connectivity index (χ3n) is 3.15. The van der Waals surface area contributed by atoms with E-state index in [2.05, 4.69) is 15.3 Å². The van der Waals surface area contributed by atoms with E-state index in [0.717, 1.165) is 31.4 Å². The maximum Gasteiger partial charge on any atom is 0.271 e. The number of nitrogens with zero attached hydrogens (tertiary/aromatic N) is 2. The van der Waals surface area contributed by atoms with Crippen LogP contribution in [-0.2, 0) is 0 Å². The number of carbonyl (C=O) groups excluding carboxylic acids is 1. The van der Waals surface area contributed by atoms with Gasteiger partial charge in [-0.3, -0.25) is 9.78 Å². The van der Waals surface area contributed by atoms with Crippen LogP contribution in [0.3, 0.4) is 0 Å². The van der Waals surface area contributed by atoms with Crippen molar-refractivity contribution in [2.24, 2.45) is 5.73 Å². The Balaban J connectivity index is 0.00000162. The lowest BCUT2D eigenvalue weighted by molar-refractivity contribution is 0.0915. The Hall–Kier alpha value is -1.20. The van der Waals surface area contributed by atoms with Gasteiger partial charge in [-0.05, 0) is 19.8 Å². The van der Waals surface area contributed by atoms with Crippen molar-refractivity contribution in [1.29, 1.82) is 0 Å². The molecule has 1 amide bonds. The Bertz CT molecular complexity index is 396. The molecule has 1 aliphatic carbocycles. The molecule has 1 heterocycles. The summed E-state index contributed by atoms with van der Waals surface area (Å²) in [7, 11) is 0. The minimum atomic E-state index is -0.181. The van der Waals surface area contributed by atoms with Crippen molar-refractivity contribution in [1.82, 2.24) is 15.3 Å². The molecule has 18 heavy (non-hydrogen) atoms. The van der Waals surface area contributed by atoms with Gasteiger partial charge in [-0.2, -0.15) is 0 Å². The van der Waals surface area contributed by atoms with E-state index in [1.165, 1.54) is 6.20 Å². The molecule has 6 heteroatoms. The largest absolute Gasteiger partial charge is 0.346 e. The van der Waals surface area contributed by atoms with Crippen molar-refractivity contribution in [2.45, 2.75) is 44.7 Å². The number of nitrogens with two attached hydrogens (primary N) is 1. The van der Waals surface area contributed by atoms with Crippen LogP contribution in [0.15, 0.2) is 12.4 Å². The van der Waals surface area contributed by atoms with Gasteiger partial charge in [-0.25, -0.2) is 4.98 Å². The van der Waals surface area contributed by atoms with Crippen molar-refractivity contribution in [3.05, 3.63) is 23.8 Å². The molecule has 1 saturated carbocycles. The van der Waals surface area contributed by atoms with Crippen LogP contribution in [0.5, 0.6) is 0 Å². The predicted molar refractivity (Wildman–Crippen MR) is 71.7 cm³/mol. The number of aryl methyl sites for hydroxylation is 1. The Morgan fingerprint density at radius 3 is 2.67 bits per heavy atom. The number of nitrogens with one attached hydrogen (secondary N) is 1. The van der Waals surface area contributed by atoms with Crippen LogP contribution in [-0.4, -0.2) is 28.0 Å². The van der Waals surface area contributed by atoms with Crippen molar-refractivity contribution in [3.8, 4) is 0 Å². The van der Waals surface area contributed by atoms with Crippen LogP contribution < -0.4 is 11.1 Å². The molecule has 1 aliphatic rings. The average molecular weight is 271 g/mol. The Labute approximate surface area is 113 Å². The molecule has 0 radical (unpaired) electrons. The molecule has 3 N–H and O–H groups in total. The molecule has 100 valence electrons. The lowest BCUT2D eigenvalue weighted by Crippen LogP contribution is -2.49. The van der Waals surface area contributed by atoms with Gasteiger partial charge in [0.25, 0.3) is 5.91 Å². The summed E-state index contributed by atoms with van der Waals surface area (Å²) in [5, 5.41) is 2.94. The quantitative estimate of drug-likeness (QED) is 0.846. The second kappa shape index (κ2) is 6.66. The summed E-state index contributed by atoms with van der Waals surface area (Å²) in [6.45, 7) is 1.84. The van der Waals surface area contributed by atoms with Crippen LogP contribution >= 0.6 is 12.4 Å². The van der Waals surface area contributed by atoms with Crippen molar-refractivity contribution in [2.75, 3.05) is 0 Å². The van der Waals surface area contributed by atoms with Gasteiger partial charge in [-0.1, -0.05) is 12.8 Å². The summed E-state index contributed by atoms with van der Waals surface area (Å²) in [5.74, 6) is -0.181. The number of hydrogen-bond acceptors (Lipinski definition) is 4. The van der Waals surface area contributed by atoms with Gasteiger partial charge in [0.2, 0.25) is 0 Å². The third-order valence-corrected chi connectivity index (χ3v) is 3.15. The SMILES string of the molecule is Cc1cnc(C(=O)N[C@@H]2CCCC[C@H]2N)cn1.Cl. The van der Waals surface area contributed by atoms with Crippen LogP contribution in [0.2, 0.25) is 0 Å². The first-order valence-electron chi connectivity index (χ1n) is 6.02. The van der Waals surface area contributed by atoms with E-state index in [4.69, 9.17) is 5.73 Å². The molecule has 2 rings (SSSR count). The highest BCUT2D eigenvalue weighted by atomic mass is 35.5. The maximum absolute atomic E-state index is 11.9. The fourth-order valence-corrected chi connectivity index (χ4v) is 2.09. The molecule has 0 aliphatic heterocycles. The monoisotopic (exact) mass is 270 g/mol. The fourth-order valence-electron chi connectivity index (χ4n) is 2.09. The summed E-state index contributed by atoms with van der Waals surface area (Å²) in [4.78, 5) is 20.0. The van der Waals surface area contributed by atoms with Gasteiger partial charge in [0, 0.05) is 18.3 Å². The second-order valence-corrected chi connectivity index (χ2v) is 4.57. The molecule has 2 atom stereocenters. The number of halogens is 1. The number of rotatable bonds is 2. The standard InChI is InChI=1S/C12H18N4O.ClH/c1-8-6-15-11(7-14-8)12(17)16-10-5-3-2-4-9(10)13;/h6-7,9-10H,2-5,13H2,1H3,(H,16,17);1H/t9-,10-;/m1./s1. The average Bonchev–Trinajstić information content (AvgIpc) is 2.33. The lowest BCUT2D eigenvalue weighted by Gasteiger charge is -2.29. The number of hydrogen-bond donors (Lipinski definition) is 2.